The van der Waals surface area contributed by atoms with Gasteiger partial charge in [0, 0.05) is 18.3 Å². The second-order valence-electron chi connectivity index (χ2n) is 4.99. The predicted octanol–water partition coefficient (Wildman–Crippen LogP) is 4.82. The quantitative estimate of drug-likeness (QED) is 0.695. The molecule has 0 aliphatic carbocycles. The molecule has 0 N–H and O–H groups in total. The molecule has 21 heavy (non-hydrogen) atoms. The number of benzene rings is 1. The second kappa shape index (κ2) is 7.28. The summed E-state index contributed by atoms with van der Waals surface area (Å²) in [5, 5.41) is 5.23. The van der Waals surface area contributed by atoms with Gasteiger partial charge >= 0.3 is 0 Å². The van der Waals surface area contributed by atoms with Crippen LogP contribution < -0.4 is 0 Å². The Bertz CT molecular complexity index is 610. The van der Waals surface area contributed by atoms with Crippen LogP contribution in [0, 0.1) is 5.82 Å². The van der Waals surface area contributed by atoms with Crippen molar-refractivity contribution in [2.24, 2.45) is 0 Å². The minimum atomic E-state index is -0.244. The lowest BCUT2D eigenvalue weighted by Crippen LogP contribution is -2.10. The monoisotopic (exact) mass is 328 g/mol. The first-order chi connectivity index (χ1) is 10.1. The molecule has 0 radical (unpaired) electrons. The second-order valence-corrected chi connectivity index (χ2v) is 5.67. The third-order valence-electron chi connectivity index (χ3n) is 3.64. The van der Waals surface area contributed by atoms with Crippen molar-refractivity contribution >= 4 is 23.2 Å². The fourth-order valence-electron chi connectivity index (χ4n) is 2.47. The van der Waals surface area contributed by atoms with Crippen molar-refractivity contribution in [2.75, 3.05) is 5.88 Å². The van der Waals surface area contributed by atoms with Gasteiger partial charge in [-0.05, 0) is 37.5 Å². The summed E-state index contributed by atoms with van der Waals surface area (Å²) in [6, 6.07) is 6.58. The molecule has 0 bridgehead atoms. The van der Waals surface area contributed by atoms with Crippen LogP contribution in [0.1, 0.15) is 36.7 Å². The fourth-order valence-corrected chi connectivity index (χ4v) is 3.10. The van der Waals surface area contributed by atoms with Gasteiger partial charge in [-0.25, -0.2) is 4.39 Å². The molecule has 0 amide bonds. The number of halogens is 3. The molecule has 2 aromatic rings. The van der Waals surface area contributed by atoms with Crippen LogP contribution in [-0.4, -0.2) is 15.7 Å². The van der Waals surface area contributed by atoms with Crippen LogP contribution in [0.5, 0.6) is 0 Å². The number of aryl methyl sites for hydroxylation is 2. The van der Waals surface area contributed by atoms with Crippen LogP contribution in [0.15, 0.2) is 24.3 Å². The highest BCUT2D eigenvalue weighted by Gasteiger charge is 2.20. The highest BCUT2D eigenvalue weighted by Crippen LogP contribution is 2.29. The maximum Gasteiger partial charge on any atom is 0.123 e. The van der Waals surface area contributed by atoms with Crippen LogP contribution in [0.25, 0.3) is 0 Å². The van der Waals surface area contributed by atoms with Crippen molar-refractivity contribution in [3.63, 3.8) is 0 Å². The summed E-state index contributed by atoms with van der Waals surface area (Å²) in [6.07, 6.45) is 1.46. The Hall–Kier alpha value is -1.06. The van der Waals surface area contributed by atoms with E-state index >= 15 is 0 Å². The molecule has 0 fully saturated rings. The van der Waals surface area contributed by atoms with Gasteiger partial charge in [-0.15, -0.1) is 11.6 Å². The molecule has 2 nitrogen and oxygen atoms in total. The molecule has 0 saturated carbocycles. The van der Waals surface area contributed by atoms with Gasteiger partial charge in [0.1, 0.15) is 5.82 Å². The Balaban J connectivity index is 2.32. The molecule has 2 rings (SSSR count). The number of rotatable bonds is 6. The molecule has 1 atom stereocenters. The van der Waals surface area contributed by atoms with Gasteiger partial charge in [0.2, 0.25) is 0 Å². The maximum atomic E-state index is 13.4. The average Bonchev–Trinajstić information content (AvgIpc) is 2.80. The van der Waals surface area contributed by atoms with E-state index in [4.69, 9.17) is 23.2 Å². The zero-order valence-corrected chi connectivity index (χ0v) is 13.8. The van der Waals surface area contributed by atoms with Crippen LogP contribution in [0.4, 0.5) is 4.39 Å². The maximum absolute atomic E-state index is 13.4. The Labute approximate surface area is 134 Å². The van der Waals surface area contributed by atoms with E-state index in [9.17, 15) is 4.39 Å². The van der Waals surface area contributed by atoms with Crippen molar-refractivity contribution in [3.05, 3.63) is 52.1 Å². The zero-order valence-electron chi connectivity index (χ0n) is 12.2. The van der Waals surface area contributed by atoms with Crippen molar-refractivity contribution < 1.29 is 4.39 Å². The van der Waals surface area contributed by atoms with Crippen molar-refractivity contribution in [3.8, 4) is 0 Å². The van der Waals surface area contributed by atoms with Crippen LogP contribution in [0.2, 0.25) is 5.02 Å². The van der Waals surface area contributed by atoms with E-state index in [1.807, 2.05) is 24.6 Å². The van der Waals surface area contributed by atoms with Gasteiger partial charge in [0.05, 0.1) is 16.4 Å². The van der Waals surface area contributed by atoms with Crippen molar-refractivity contribution in [1.82, 2.24) is 9.78 Å². The molecule has 0 aliphatic heterocycles. The summed E-state index contributed by atoms with van der Waals surface area (Å²) < 4.78 is 15.3. The van der Waals surface area contributed by atoms with Crippen molar-refractivity contribution in [1.29, 1.82) is 0 Å². The van der Waals surface area contributed by atoms with Gasteiger partial charge in [-0.3, -0.25) is 4.68 Å². The summed E-state index contributed by atoms with van der Waals surface area (Å²) in [5.74, 6) is 0.189. The summed E-state index contributed by atoms with van der Waals surface area (Å²) >= 11 is 12.5. The topological polar surface area (TPSA) is 17.8 Å². The molecule has 1 unspecified atom stereocenters. The van der Waals surface area contributed by atoms with E-state index < -0.39 is 0 Å². The summed E-state index contributed by atoms with van der Waals surface area (Å²) in [7, 11) is 0. The third-order valence-corrected chi connectivity index (χ3v) is 4.45. The van der Waals surface area contributed by atoms with E-state index in [1.54, 1.807) is 6.07 Å². The lowest BCUT2D eigenvalue weighted by Gasteiger charge is -2.15. The van der Waals surface area contributed by atoms with E-state index in [1.165, 1.54) is 12.1 Å². The Morgan fingerprint density at radius 3 is 2.67 bits per heavy atom. The largest absolute Gasteiger partial charge is 0.268 e. The van der Waals surface area contributed by atoms with E-state index in [-0.39, 0.29) is 11.7 Å². The Morgan fingerprint density at radius 2 is 2.10 bits per heavy atom. The van der Waals surface area contributed by atoms with Gasteiger partial charge in [0.15, 0.2) is 0 Å². The first kappa shape index (κ1) is 16.3. The molecule has 114 valence electrons. The molecule has 0 spiro atoms. The molecule has 1 aromatic carbocycles. The first-order valence-corrected chi connectivity index (χ1v) is 8.07. The normalized spacial score (nSPS) is 12.6. The number of nitrogens with zero attached hydrogens (tertiary/aromatic N) is 2. The SMILES string of the molecule is CCc1nn(CC)c(CC(CCl)c2cccc(F)c2)c1Cl. The first-order valence-electron chi connectivity index (χ1n) is 7.16. The predicted molar refractivity (Wildman–Crippen MR) is 85.9 cm³/mol. The zero-order chi connectivity index (χ0) is 15.4. The molecule has 1 heterocycles. The third kappa shape index (κ3) is 3.58. The molecular weight excluding hydrogens is 310 g/mol. The Kier molecular flexibility index (Phi) is 5.65. The van der Waals surface area contributed by atoms with Gasteiger partial charge in [-0.2, -0.15) is 5.10 Å². The smallest absolute Gasteiger partial charge is 0.123 e. The van der Waals surface area contributed by atoms with Gasteiger partial charge < -0.3 is 0 Å². The fraction of sp³-hybridized carbons (Fsp3) is 0.438. The van der Waals surface area contributed by atoms with E-state index in [0.29, 0.717) is 17.3 Å². The van der Waals surface area contributed by atoms with E-state index in [0.717, 1.165) is 29.9 Å². The molecule has 1 aromatic heterocycles. The standard InChI is InChI=1S/C16H19Cl2FN2/c1-3-14-16(18)15(21(4-2)20-14)9-12(10-17)11-6-5-7-13(19)8-11/h5-8,12H,3-4,9-10H2,1-2H3. The van der Waals surface area contributed by atoms with Gasteiger partial charge in [0.25, 0.3) is 0 Å². The number of hydrogen-bond donors (Lipinski definition) is 0. The minimum absolute atomic E-state index is 0.0200. The number of hydrogen-bond acceptors (Lipinski definition) is 1. The summed E-state index contributed by atoms with van der Waals surface area (Å²) in [5.41, 5.74) is 2.77. The Morgan fingerprint density at radius 1 is 1.33 bits per heavy atom. The average molecular weight is 329 g/mol. The van der Waals surface area contributed by atoms with Crippen LogP contribution in [-0.2, 0) is 19.4 Å². The summed E-state index contributed by atoms with van der Waals surface area (Å²) in [4.78, 5) is 0. The van der Waals surface area contributed by atoms with E-state index in [2.05, 4.69) is 5.10 Å². The minimum Gasteiger partial charge on any atom is -0.268 e. The van der Waals surface area contributed by atoms with Crippen LogP contribution >= 0.6 is 23.2 Å². The molecule has 0 saturated heterocycles. The molecular formula is C16H19Cl2FN2. The highest BCUT2D eigenvalue weighted by atomic mass is 35.5. The van der Waals surface area contributed by atoms with Crippen LogP contribution in [0.3, 0.4) is 0 Å². The number of alkyl halides is 1. The van der Waals surface area contributed by atoms with Crippen molar-refractivity contribution in [2.45, 2.75) is 39.2 Å². The molecule has 0 aliphatic rings. The highest BCUT2D eigenvalue weighted by molar-refractivity contribution is 6.31. The molecule has 5 heteroatoms. The summed E-state index contributed by atoms with van der Waals surface area (Å²) in [6.45, 7) is 4.82. The lowest BCUT2D eigenvalue weighted by atomic mass is 9.95. The lowest BCUT2D eigenvalue weighted by molar-refractivity contribution is 0.589. The number of aromatic nitrogens is 2. The van der Waals surface area contributed by atoms with Gasteiger partial charge in [-0.1, -0.05) is 30.7 Å².